The summed E-state index contributed by atoms with van der Waals surface area (Å²) in [5.41, 5.74) is -0.691. The quantitative estimate of drug-likeness (QED) is 0.642. The Kier molecular flexibility index (Phi) is 6.44. The molecule has 1 N–H and O–H groups in total. The van der Waals surface area contributed by atoms with Crippen molar-refractivity contribution in [1.82, 2.24) is 4.72 Å². The third-order valence-electron chi connectivity index (χ3n) is 1.93. The molecule has 0 aliphatic carbocycles. The van der Waals surface area contributed by atoms with Crippen LogP contribution >= 0.6 is 31.9 Å². The number of halogens is 2. The number of sulfone groups is 1. The molecule has 0 atom stereocenters. The van der Waals surface area contributed by atoms with Crippen LogP contribution in [0.25, 0.3) is 0 Å². The van der Waals surface area contributed by atoms with Gasteiger partial charge < -0.3 is 0 Å². The molecular weight excluding hydrogens is 386 g/mol. The Morgan fingerprint density at radius 3 is 1.81 bits per heavy atom. The van der Waals surface area contributed by atoms with Crippen LogP contribution in [0.3, 0.4) is 0 Å². The van der Waals surface area contributed by atoms with E-state index in [9.17, 15) is 16.8 Å². The lowest BCUT2D eigenvalue weighted by atomic mass is 10.0. The van der Waals surface area contributed by atoms with Gasteiger partial charge in [-0.1, -0.05) is 38.8 Å². The van der Waals surface area contributed by atoms with E-state index < -0.39 is 30.5 Å². The monoisotopic (exact) mass is 399 g/mol. The van der Waals surface area contributed by atoms with Gasteiger partial charge in [-0.2, -0.15) is 0 Å². The molecular formula is C7H15Br2NO4S2. The van der Waals surface area contributed by atoms with Crippen molar-refractivity contribution in [3.63, 3.8) is 0 Å². The summed E-state index contributed by atoms with van der Waals surface area (Å²) >= 11 is 6.44. The summed E-state index contributed by atoms with van der Waals surface area (Å²) in [6.07, 6.45) is 1.44. The van der Waals surface area contributed by atoms with E-state index in [1.165, 1.54) is 0 Å². The Morgan fingerprint density at radius 1 is 1.12 bits per heavy atom. The lowest BCUT2D eigenvalue weighted by Crippen LogP contribution is -2.52. The minimum atomic E-state index is -3.83. The van der Waals surface area contributed by atoms with Crippen LogP contribution in [0.5, 0.6) is 0 Å². The van der Waals surface area contributed by atoms with Gasteiger partial charge in [0.1, 0.15) is 0 Å². The number of hydrogen-bond acceptors (Lipinski definition) is 4. The summed E-state index contributed by atoms with van der Waals surface area (Å²) in [7, 11) is -7.39. The van der Waals surface area contributed by atoms with Crippen LogP contribution in [-0.2, 0) is 19.9 Å². The number of sulfonamides is 1. The molecule has 0 fully saturated rings. The molecule has 0 heterocycles. The zero-order chi connectivity index (χ0) is 13.0. The van der Waals surface area contributed by atoms with Gasteiger partial charge in [0, 0.05) is 16.9 Å². The second-order valence-electron chi connectivity index (χ2n) is 3.66. The summed E-state index contributed by atoms with van der Waals surface area (Å²) in [6, 6.07) is 0. The Bertz CT molecular complexity index is 405. The van der Waals surface area contributed by atoms with E-state index in [2.05, 4.69) is 36.6 Å². The van der Waals surface area contributed by atoms with Gasteiger partial charge in [-0.25, -0.2) is 21.6 Å². The highest BCUT2D eigenvalue weighted by Gasteiger charge is 2.32. The second-order valence-corrected chi connectivity index (χ2v) is 9.01. The van der Waals surface area contributed by atoms with E-state index in [0.717, 1.165) is 6.26 Å². The van der Waals surface area contributed by atoms with Gasteiger partial charge in [0.2, 0.25) is 10.0 Å². The van der Waals surface area contributed by atoms with E-state index in [0.29, 0.717) is 17.1 Å². The van der Waals surface area contributed by atoms with Gasteiger partial charge in [-0.3, -0.25) is 0 Å². The molecule has 0 radical (unpaired) electrons. The molecule has 0 spiro atoms. The van der Waals surface area contributed by atoms with E-state index in [1.54, 1.807) is 0 Å². The van der Waals surface area contributed by atoms with Crippen molar-refractivity contribution >= 4 is 51.7 Å². The molecule has 5 nitrogen and oxygen atoms in total. The summed E-state index contributed by atoms with van der Waals surface area (Å²) in [5, 5.41) is -0.0722. The highest BCUT2D eigenvalue weighted by atomic mass is 79.9. The largest absolute Gasteiger partial charge is 0.228 e. The number of hydrogen-bond donors (Lipinski definition) is 1. The van der Waals surface area contributed by atoms with Crippen LogP contribution in [0.4, 0.5) is 0 Å². The average molecular weight is 401 g/mol. The highest BCUT2D eigenvalue weighted by Crippen LogP contribution is 2.18. The molecule has 0 aromatic rings. The number of rotatable bonds is 7. The van der Waals surface area contributed by atoms with Gasteiger partial charge in [0.25, 0.3) is 0 Å². The predicted molar refractivity (Wildman–Crippen MR) is 72.4 cm³/mol. The first-order chi connectivity index (χ1) is 7.10. The van der Waals surface area contributed by atoms with Crippen molar-refractivity contribution < 1.29 is 16.8 Å². The van der Waals surface area contributed by atoms with Crippen LogP contribution in [0, 0.1) is 0 Å². The van der Waals surface area contributed by atoms with Crippen LogP contribution in [0.15, 0.2) is 0 Å². The van der Waals surface area contributed by atoms with E-state index in [1.807, 2.05) is 6.92 Å². The van der Waals surface area contributed by atoms with Gasteiger partial charge in [-0.05, 0) is 6.42 Å². The predicted octanol–water partition coefficient (Wildman–Crippen LogP) is 0.847. The first-order valence-corrected chi connectivity index (χ1v) is 10.4. The molecule has 98 valence electrons. The van der Waals surface area contributed by atoms with E-state index >= 15 is 0 Å². The van der Waals surface area contributed by atoms with Crippen molar-refractivity contribution in [2.24, 2.45) is 0 Å². The summed E-state index contributed by atoms with van der Waals surface area (Å²) in [4.78, 5) is 0. The first kappa shape index (κ1) is 16.8. The fraction of sp³-hybridized carbons (Fsp3) is 1.00. The second kappa shape index (κ2) is 6.12. The van der Waals surface area contributed by atoms with Crippen LogP contribution < -0.4 is 4.72 Å². The highest BCUT2D eigenvalue weighted by molar-refractivity contribution is 9.09. The maximum absolute atomic E-state index is 11.6. The molecule has 16 heavy (non-hydrogen) atoms. The van der Waals surface area contributed by atoms with Crippen LogP contribution in [0.1, 0.15) is 13.3 Å². The standard InChI is InChI=1S/C7H15Br2NO4S2/c1-3-7(4-8,5-9)10-16(13,14)6-15(2,11)12/h10H,3-6H2,1-2H3. The number of nitrogens with one attached hydrogen (secondary N) is 1. The summed E-state index contributed by atoms with van der Waals surface area (Å²) in [6.45, 7) is 1.82. The van der Waals surface area contributed by atoms with E-state index in [4.69, 9.17) is 0 Å². The molecule has 0 aromatic heterocycles. The molecule has 0 rings (SSSR count). The topological polar surface area (TPSA) is 80.3 Å². The Morgan fingerprint density at radius 2 is 1.56 bits per heavy atom. The van der Waals surface area contributed by atoms with Crippen molar-refractivity contribution in [1.29, 1.82) is 0 Å². The zero-order valence-corrected chi connectivity index (χ0v) is 13.8. The minimum absolute atomic E-state index is 0.407. The van der Waals surface area contributed by atoms with Crippen LogP contribution in [0.2, 0.25) is 0 Å². The summed E-state index contributed by atoms with van der Waals surface area (Å²) < 4.78 is 47.5. The lowest BCUT2D eigenvalue weighted by molar-refractivity contribution is 0.461. The Labute approximate surface area is 114 Å². The smallest absolute Gasteiger partial charge is 0.226 e. The molecule has 9 heteroatoms. The van der Waals surface area contributed by atoms with Crippen molar-refractivity contribution in [3.05, 3.63) is 0 Å². The molecule has 0 aromatic carbocycles. The number of alkyl halides is 2. The third-order valence-corrected chi connectivity index (χ3v) is 7.77. The van der Waals surface area contributed by atoms with Gasteiger partial charge in [-0.15, -0.1) is 0 Å². The lowest BCUT2D eigenvalue weighted by Gasteiger charge is -2.29. The average Bonchev–Trinajstić information content (AvgIpc) is 2.10. The normalized spacial score (nSPS) is 14.0. The molecule has 0 aliphatic heterocycles. The molecule has 0 saturated heterocycles. The SMILES string of the molecule is CCC(CBr)(CBr)NS(=O)(=O)CS(C)(=O)=O. The van der Waals surface area contributed by atoms with Crippen LogP contribution in [-0.4, -0.2) is 44.4 Å². The van der Waals surface area contributed by atoms with Crippen molar-refractivity contribution in [2.45, 2.75) is 18.9 Å². The summed E-state index contributed by atoms with van der Waals surface area (Å²) in [5.74, 6) is 0. The third kappa shape index (κ3) is 5.95. The van der Waals surface area contributed by atoms with E-state index in [-0.39, 0.29) is 0 Å². The molecule has 0 amide bonds. The fourth-order valence-corrected chi connectivity index (χ4v) is 6.80. The van der Waals surface area contributed by atoms with Crippen molar-refractivity contribution in [3.8, 4) is 0 Å². The first-order valence-electron chi connectivity index (χ1n) is 4.41. The van der Waals surface area contributed by atoms with Gasteiger partial charge >= 0.3 is 0 Å². The fourth-order valence-electron chi connectivity index (χ4n) is 0.993. The molecule has 0 bridgehead atoms. The Balaban J connectivity index is 4.95. The van der Waals surface area contributed by atoms with Gasteiger partial charge in [0.15, 0.2) is 14.9 Å². The molecule has 0 unspecified atom stereocenters. The van der Waals surface area contributed by atoms with Gasteiger partial charge in [0.05, 0.1) is 5.54 Å². The van der Waals surface area contributed by atoms with Crippen molar-refractivity contribution in [2.75, 3.05) is 22.0 Å². The molecule has 0 saturated carbocycles. The molecule has 0 aliphatic rings. The zero-order valence-electron chi connectivity index (χ0n) is 9.03. The maximum Gasteiger partial charge on any atom is 0.226 e. The Hall–Kier alpha value is 0.820. The minimum Gasteiger partial charge on any atom is -0.228 e. The maximum atomic E-state index is 11.6.